The third-order valence-electron chi connectivity index (χ3n) is 4.46. The lowest BCUT2D eigenvalue weighted by Gasteiger charge is -2.40. The van der Waals surface area contributed by atoms with Gasteiger partial charge in [0.15, 0.2) is 0 Å². The van der Waals surface area contributed by atoms with E-state index in [4.69, 9.17) is 0 Å². The molecule has 1 rings (SSSR count). The van der Waals surface area contributed by atoms with Crippen molar-refractivity contribution in [2.45, 2.75) is 39.5 Å². The molecule has 1 aliphatic carbocycles. The Kier molecular flexibility index (Phi) is 5.63. The van der Waals surface area contributed by atoms with E-state index in [0.717, 1.165) is 25.7 Å². The molecule has 0 radical (unpaired) electrons. The highest BCUT2D eigenvalue weighted by Crippen LogP contribution is 2.42. The lowest BCUT2D eigenvalue weighted by molar-refractivity contribution is -0.136. The summed E-state index contributed by atoms with van der Waals surface area (Å²) in [5.74, 6) is 0.748. The largest absolute Gasteiger partial charge is 0.359 e. The first kappa shape index (κ1) is 15.0. The van der Waals surface area contributed by atoms with Gasteiger partial charge in [-0.05, 0) is 24.7 Å². The molecule has 0 bridgehead atoms. The normalized spacial score (nSPS) is 31.8. The molecule has 0 spiro atoms. The van der Waals surface area contributed by atoms with E-state index in [1.54, 1.807) is 14.1 Å². The van der Waals surface area contributed by atoms with Crippen LogP contribution in [0, 0.1) is 23.7 Å². The van der Waals surface area contributed by atoms with Crippen LogP contribution in [0.4, 0.5) is 0 Å². The molecular weight excluding hydrogens is 228 g/mol. The molecule has 1 fully saturated rings. The van der Waals surface area contributed by atoms with Crippen LogP contribution >= 0.6 is 0 Å². The molecule has 0 aliphatic heterocycles. The molecule has 0 saturated heterocycles. The SMILES string of the molecule is CCC1CCC(C(=O)NC)C(CC)C1C(=O)NC. The maximum atomic E-state index is 12.1. The Hall–Kier alpha value is -1.06. The smallest absolute Gasteiger partial charge is 0.223 e. The zero-order valence-corrected chi connectivity index (χ0v) is 12.0. The fraction of sp³-hybridized carbons (Fsp3) is 0.857. The van der Waals surface area contributed by atoms with Gasteiger partial charge in [0, 0.05) is 25.9 Å². The summed E-state index contributed by atoms with van der Waals surface area (Å²) in [5.41, 5.74) is 0. The molecular formula is C14H26N2O2. The third-order valence-corrected chi connectivity index (χ3v) is 4.46. The maximum absolute atomic E-state index is 12.1. The van der Waals surface area contributed by atoms with E-state index >= 15 is 0 Å². The van der Waals surface area contributed by atoms with E-state index in [0.29, 0.717) is 5.92 Å². The minimum absolute atomic E-state index is 0.00917. The molecule has 4 unspecified atom stereocenters. The molecule has 4 nitrogen and oxygen atoms in total. The highest BCUT2D eigenvalue weighted by Gasteiger charge is 2.43. The highest BCUT2D eigenvalue weighted by atomic mass is 16.2. The van der Waals surface area contributed by atoms with E-state index in [1.165, 1.54) is 0 Å². The van der Waals surface area contributed by atoms with Gasteiger partial charge in [-0.25, -0.2) is 0 Å². The number of carbonyl (C=O) groups excluding carboxylic acids is 2. The minimum Gasteiger partial charge on any atom is -0.359 e. The van der Waals surface area contributed by atoms with Crippen LogP contribution < -0.4 is 10.6 Å². The van der Waals surface area contributed by atoms with Crippen molar-refractivity contribution in [1.82, 2.24) is 10.6 Å². The van der Waals surface area contributed by atoms with Crippen molar-refractivity contribution in [3.63, 3.8) is 0 Å². The molecule has 2 N–H and O–H groups in total. The average Bonchev–Trinajstić information content (AvgIpc) is 2.43. The summed E-state index contributed by atoms with van der Waals surface area (Å²) in [5, 5.41) is 5.51. The van der Waals surface area contributed by atoms with Crippen molar-refractivity contribution >= 4 is 11.8 Å². The Morgan fingerprint density at radius 1 is 1.00 bits per heavy atom. The Balaban J connectivity index is 2.97. The average molecular weight is 254 g/mol. The zero-order valence-electron chi connectivity index (χ0n) is 12.0. The lowest BCUT2D eigenvalue weighted by Crippen LogP contribution is -2.47. The van der Waals surface area contributed by atoms with Gasteiger partial charge >= 0.3 is 0 Å². The van der Waals surface area contributed by atoms with Gasteiger partial charge in [-0.15, -0.1) is 0 Å². The molecule has 0 aromatic carbocycles. The third kappa shape index (κ3) is 2.85. The summed E-state index contributed by atoms with van der Waals surface area (Å²) in [6.45, 7) is 4.21. The predicted octanol–water partition coefficient (Wildman–Crippen LogP) is 1.56. The first-order chi connectivity index (χ1) is 8.60. The van der Waals surface area contributed by atoms with Gasteiger partial charge in [0.05, 0.1) is 0 Å². The van der Waals surface area contributed by atoms with Gasteiger partial charge in [-0.3, -0.25) is 9.59 Å². The number of rotatable bonds is 4. The van der Waals surface area contributed by atoms with Crippen LogP contribution in [0.2, 0.25) is 0 Å². The predicted molar refractivity (Wildman–Crippen MR) is 71.9 cm³/mol. The summed E-state index contributed by atoms with van der Waals surface area (Å²) < 4.78 is 0. The van der Waals surface area contributed by atoms with Crippen molar-refractivity contribution in [3.05, 3.63) is 0 Å². The highest BCUT2D eigenvalue weighted by molar-refractivity contribution is 5.83. The van der Waals surface area contributed by atoms with E-state index in [9.17, 15) is 9.59 Å². The fourth-order valence-electron chi connectivity index (χ4n) is 3.47. The van der Waals surface area contributed by atoms with Gasteiger partial charge in [-0.1, -0.05) is 26.7 Å². The van der Waals surface area contributed by atoms with E-state index < -0.39 is 0 Å². The molecule has 0 aromatic rings. The molecule has 18 heavy (non-hydrogen) atoms. The number of hydrogen-bond acceptors (Lipinski definition) is 2. The summed E-state index contributed by atoms with van der Waals surface area (Å²) in [7, 11) is 3.36. The van der Waals surface area contributed by atoms with Crippen LogP contribution in [0.25, 0.3) is 0 Å². The van der Waals surface area contributed by atoms with Crippen LogP contribution in [0.5, 0.6) is 0 Å². The summed E-state index contributed by atoms with van der Waals surface area (Å²) in [6, 6.07) is 0. The Bertz CT molecular complexity index is 304. The van der Waals surface area contributed by atoms with E-state index in [2.05, 4.69) is 24.5 Å². The standard InChI is InChI=1S/C14H26N2O2/c1-5-9-7-8-11(13(17)15-3)10(6-2)12(9)14(18)16-4/h9-12H,5-8H2,1-4H3,(H,15,17)(H,16,18). The summed E-state index contributed by atoms with van der Waals surface area (Å²) in [6.07, 6.45) is 3.77. The Labute approximate surface area is 110 Å². The molecule has 1 saturated carbocycles. The molecule has 2 amide bonds. The summed E-state index contributed by atoms with van der Waals surface area (Å²) in [4.78, 5) is 24.1. The van der Waals surface area contributed by atoms with Gasteiger partial charge < -0.3 is 10.6 Å². The maximum Gasteiger partial charge on any atom is 0.223 e. The Morgan fingerprint density at radius 3 is 2.06 bits per heavy atom. The van der Waals surface area contributed by atoms with Crippen LogP contribution in [0.15, 0.2) is 0 Å². The molecule has 4 atom stereocenters. The van der Waals surface area contributed by atoms with Crippen molar-refractivity contribution in [2.24, 2.45) is 23.7 Å². The number of hydrogen-bond donors (Lipinski definition) is 2. The van der Waals surface area contributed by atoms with Crippen molar-refractivity contribution in [2.75, 3.05) is 14.1 Å². The van der Waals surface area contributed by atoms with Crippen LogP contribution in [-0.2, 0) is 9.59 Å². The van der Waals surface area contributed by atoms with Gasteiger partial charge in [-0.2, -0.15) is 0 Å². The van der Waals surface area contributed by atoms with Gasteiger partial charge in [0.1, 0.15) is 0 Å². The first-order valence-electron chi connectivity index (χ1n) is 7.03. The molecule has 104 valence electrons. The molecule has 4 heteroatoms. The fourth-order valence-corrected chi connectivity index (χ4v) is 3.47. The van der Waals surface area contributed by atoms with Gasteiger partial charge in [0.25, 0.3) is 0 Å². The van der Waals surface area contributed by atoms with Crippen molar-refractivity contribution in [3.8, 4) is 0 Å². The van der Waals surface area contributed by atoms with Crippen molar-refractivity contribution in [1.29, 1.82) is 0 Å². The second-order valence-corrected chi connectivity index (χ2v) is 5.18. The van der Waals surface area contributed by atoms with Gasteiger partial charge in [0.2, 0.25) is 11.8 Å². The second-order valence-electron chi connectivity index (χ2n) is 5.18. The molecule has 0 aromatic heterocycles. The summed E-state index contributed by atoms with van der Waals surface area (Å²) >= 11 is 0. The number of nitrogens with one attached hydrogen (secondary N) is 2. The first-order valence-corrected chi connectivity index (χ1v) is 7.03. The quantitative estimate of drug-likeness (QED) is 0.800. The molecule has 1 aliphatic rings. The monoisotopic (exact) mass is 254 g/mol. The number of carbonyl (C=O) groups is 2. The van der Waals surface area contributed by atoms with E-state index in [-0.39, 0.29) is 29.6 Å². The van der Waals surface area contributed by atoms with Crippen molar-refractivity contribution < 1.29 is 9.59 Å². The zero-order chi connectivity index (χ0) is 13.7. The van der Waals surface area contributed by atoms with E-state index in [1.807, 2.05) is 0 Å². The number of amides is 2. The molecule has 0 heterocycles. The minimum atomic E-state index is -0.0129. The van der Waals surface area contributed by atoms with Crippen LogP contribution in [-0.4, -0.2) is 25.9 Å². The van der Waals surface area contributed by atoms with Crippen LogP contribution in [0.3, 0.4) is 0 Å². The second kappa shape index (κ2) is 6.76. The lowest BCUT2D eigenvalue weighted by atomic mass is 9.64. The topological polar surface area (TPSA) is 58.2 Å². The Morgan fingerprint density at radius 2 is 1.61 bits per heavy atom. The van der Waals surface area contributed by atoms with Crippen LogP contribution in [0.1, 0.15) is 39.5 Å².